The van der Waals surface area contributed by atoms with Gasteiger partial charge in [0.15, 0.2) is 11.5 Å². The first-order valence-corrected chi connectivity index (χ1v) is 7.63. The number of carbonyl (C=O) groups is 1. The van der Waals surface area contributed by atoms with E-state index in [-0.39, 0.29) is 17.7 Å². The van der Waals surface area contributed by atoms with Gasteiger partial charge < -0.3 is 9.47 Å². The second-order valence-electron chi connectivity index (χ2n) is 5.94. The number of methoxy groups -OCH3 is 2. The third-order valence-electron chi connectivity index (χ3n) is 4.78. The molecule has 1 aromatic carbocycles. The lowest BCUT2D eigenvalue weighted by molar-refractivity contribution is -0.128. The number of carbonyl (C=O) groups excluding carboxylic acids is 1. The second-order valence-corrected chi connectivity index (χ2v) is 5.94. The minimum atomic E-state index is -0.0112. The molecular formula is C18H21NO3. The van der Waals surface area contributed by atoms with Crippen LogP contribution in [0.15, 0.2) is 12.1 Å². The molecule has 0 aromatic heterocycles. The Morgan fingerprint density at radius 1 is 1.32 bits per heavy atom. The summed E-state index contributed by atoms with van der Waals surface area (Å²) in [6.07, 6.45) is 7.43. The molecule has 2 heterocycles. The van der Waals surface area contributed by atoms with Crippen LogP contribution in [0, 0.1) is 18.3 Å². The molecule has 0 amide bonds. The predicted molar refractivity (Wildman–Crippen MR) is 84.1 cm³/mol. The van der Waals surface area contributed by atoms with Gasteiger partial charge in [0.2, 0.25) is 0 Å². The summed E-state index contributed by atoms with van der Waals surface area (Å²) in [5, 5.41) is 0. The van der Waals surface area contributed by atoms with Crippen LogP contribution in [0.1, 0.15) is 30.0 Å². The number of hydrogen-bond donors (Lipinski definition) is 0. The molecule has 0 aliphatic carbocycles. The number of piperidine rings is 1. The maximum Gasteiger partial charge on any atom is 0.161 e. The number of Topliss-reactive ketones (excluding diaryl/α,β-unsaturated/α-hetero) is 1. The van der Waals surface area contributed by atoms with Gasteiger partial charge in [0, 0.05) is 37.9 Å². The Balaban J connectivity index is 1.94. The van der Waals surface area contributed by atoms with E-state index in [4.69, 9.17) is 15.9 Å². The molecule has 4 nitrogen and oxygen atoms in total. The zero-order chi connectivity index (χ0) is 15.7. The number of fused-ring (bicyclic) bond motifs is 3. The Bertz CT molecular complexity index is 632. The fraction of sp³-hybridized carbons (Fsp3) is 0.500. The van der Waals surface area contributed by atoms with E-state index >= 15 is 0 Å². The number of nitrogens with zero attached hydrogens (tertiary/aromatic N) is 1. The molecule has 0 saturated carbocycles. The van der Waals surface area contributed by atoms with Gasteiger partial charge in [-0.25, -0.2) is 0 Å². The Hall–Kier alpha value is -1.99. The van der Waals surface area contributed by atoms with Crippen LogP contribution in [-0.4, -0.2) is 38.0 Å². The third-order valence-corrected chi connectivity index (χ3v) is 4.78. The van der Waals surface area contributed by atoms with Crippen molar-refractivity contribution in [2.24, 2.45) is 5.92 Å². The lowest BCUT2D eigenvalue weighted by atomic mass is 9.81. The number of terminal acetylenes is 1. The zero-order valence-corrected chi connectivity index (χ0v) is 13.1. The van der Waals surface area contributed by atoms with E-state index in [1.54, 1.807) is 14.2 Å². The molecule has 22 heavy (non-hydrogen) atoms. The quantitative estimate of drug-likeness (QED) is 0.802. The summed E-state index contributed by atoms with van der Waals surface area (Å²) in [6, 6.07) is 4.22. The molecule has 0 radical (unpaired) electrons. The number of hydrogen-bond acceptors (Lipinski definition) is 4. The highest BCUT2D eigenvalue weighted by Crippen LogP contribution is 2.42. The minimum absolute atomic E-state index is 0.0112. The van der Waals surface area contributed by atoms with Gasteiger partial charge >= 0.3 is 0 Å². The zero-order valence-electron chi connectivity index (χ0n) is 13.1. The molecule has 116 valence electrons. The van der Waals surface area contributed by atoms with Gasteiger partial charge in [-0.2, -0.15) is 0 Å². The third kappa shape index (κ3) is 2.46. The lowest BCUT2D eigenvalue weighted by Crippen LogP contribution is -2.46. The Morgan fingerprint density at radius 3 is 2.73 bits per heavy atom. The average Bonchev–Trinajstić information content (AvgIpc) is 2.54. The monoisotopic (exact) mass is 299 g/mol. The highest BCUT2D eigenvalue weighted by atomic mass is 16.5. The van der Waals surface area contributed by atoms with E-state index in [2.05, 4.69) is 10.8 Å². The Labute approximate surface area is 131 Å². The number of benzene rings is 1. The molecule has 1 aromatic rings. The van der Waals surface area contributed by atoms with Crippen molar-refractivity contribution < 1.29 is 14.3 Å². The molecule has 3 rings (SSSR count). The molecule has 0 spiro atoms. The van der Waals surface area contributed by atoms with Crippen LogP contribution >= 0.6 is 0 Å². The number of ketones is 1. The molecule has 1 fully saturated rings. The van der Waals surface area contributed by atoms with Crippen LogP contribution < -0.4 is 9.47 Å². The maximum absolute atomic E-state index is 12.3. The summed E-state index contributed by atoms with van der Waals surface area (Å²) in [4.78, 5) is 14.7. The fourth-order valence-corrected chi connectivity index (χ4v) is 3.60. The fourth-order valence-electron chi connectivity index (χ4n) is 3.60. The molecule has 2 aliphatic rings. The van der Waals surface area contributed by atoms with Gasteiger partial charge in [-0.05, 0) is 29.7 Å². The van der Waals surface area contributed by atoms with Gasteiger partial charge in [-0.1, -0.05) is 0 Å². The van der Waals surface area contributed by atoms with Crippen molar-refractivity contribution in [3.63, 3.8) is 0 Å². The van der Waals surface area contributed by atoms with Crippen LogP contribution in [0.4, 0.5) is 0 Å². The Kier molecular flexibility index (Phi) is 4.08. The summed E-state index contributed by atoms with van der Waals surface area (Å²) in [5.74, 6) is 4.38. The summed E-state index contributed by atoms with van der Waals surface area (Å²) >= 11 is 0. The van der Waals surface area contributed by atoms with Crippen molar-refractivity contribution in [2.45, 2.75) is 25.3 Å². The summed E-state index contributed by atoms with van der Waals surface area (Å²) in [5.41, 5.74) is 2.44. The van der Waals surface area contributed by atoms with Gasteiger partial charge in [0.25, 0.3) is 0 Å². The summed E-state index contributed by atoms with van der Waals surface area (Å²) in [6.45, 7) is 1.73. The lowest BCUT2D eigenvalue weighted by Gasteiger charge is -2.42. The van der Waals surface area contributed by atoms with Crippen molar-refractivity contribution in [3.05, 3.63) is 23.3 Å². The number of rotatable bonds is 3. The molecule has 0 N–H and O–H groups in total. The molecule has 2 aliphatic heterocycles. The first kappa shape index (κ1) is 14.9. The topological polar surface area (TPSA) is 38.8 Å². The molecule has 2 unspecified atom stereocenters. The van der Waals surface area contributed by atoms with Crippen LogP contribution in [-0.2, 0) is 11.2 Å². The van der Waals surface area contributed by atoms with E-state index in [9.17, 15) is 4.79 Å². The van der Waals surface area contributed by atoms with E-state index in [0.717, 1.165) is 31.0 Å². The first-order chi connectivity index (χ1) is 10.7. The van der Waals surface area contributed by atoms with Crippen molar-refractivity contribution >= 4 is 5.78 Å². The van der Waals surface area contributed by atoms with Crippen molar-refractivity contribution in [2.75, 3.05) is 27.3 Å². The smallest absolute Gasteiger partial charge is 0.161 e. The molecule has 4 heteroatoms. The highest BCUT2D eigenvalue weighted by molar-refractivity contribution is 5.83. The molecular weight excluding hydrogens is 278 g/mol. The van der Waals surface area contributed by atoms with Crippen molar-refractivity contribution in [3.8, 4) is 23.8 Å². The highest BCUT2D eigenvalue weighted by Gasteiger charge is 2.38. The van der Waals surface area contributed by atoms with Gasteiger partial charge in [0.1, 0.15) is 5.78 Å². The van der Waals surface area contributed by atoms with Gasteiger partial charge in [-0.15, -0.1) is 12.3 Å². The SMILES string of the molecule is C#CCC1CN2CCc3cc(OC)c(OC)cc3C2CC1=O. The van der Waals surface area contributed by atoms with E-state index in [1.165, 1.54) is 11.1 Å². The molecule has 2 atom stereocenters. The first-order valence-electron chi connectivity index (χ1n) is 7.63. The van der Waals surface area contributed by atoms with Gasteiger partial charge in [0.05, 0.1) is 14.2 Å². The van der Waals surface area contributed by atoms with Crippen molar-refractivity contribution in [1.29, 1.82) is 0 Å². The number of ether oxygens (including phenoxy) is 2. The largest absolute Gasteiger partial charge is 0.493 e. The van der Waals surface area contributed by atoms with E-state index < -0.39 is 0 Å². The average molecular weight is 299 g/mol. The summed E-state index contributed by atoms with van der Waals surface area (Å²) in [7, 11) is 3.29. The van der Waals surface area contributed by atoms with E-state index in [1.807, 2.05) is 12.1 Å². The standard InChI is InChI=1S/C18H21NO3/c1-4-5-13-11-19-7-6-12-8-17(21-2)18(22-3)9-14(12)15(19)10-16(13)20/h1,8-9,13,15H,5-7,10-11H2,2-3H3. The summed E-state index contributed by atoms with van der Waals surface area (Å²) < 4.78 is 10.8. The van der Waals surface area contributed by atoms with Crippen LogP contribution in [0.3, 0.4) is 0 Å². The van der Waals surface area contributed by atoms with Crippen LogP contribution in [0.25, 0.3) is 0 Å². The normalized spacial score (nSPS) is 24.1. The van der Waals surface area contributed by atoms with Gasteiger partial charge in [-0.3, -0.25) is 9.69 Å². The van der Waals surface area contributed by atoms with Crippen molar-refractivity contribution in [1.82, 2.24) is 4.90 Å². The van der Waals surface area contributed by atoms with E-state index in [0.29, 0.717) is 12.8 Å². The maximum atomic E-state index is 12.3. The van der Waals surface area contributed by atoms with Crippen LogP contribution in [0.5, 0.6) is 11.5 Å². The minimum Gasteiger partial charge on any atom is -0.493 e. The van der Waals surface area contributed by atoms with Crippen LogP contribution in [0.2, 0.25) is 0 Å². The molecule has 0 bridgehead atoms. The Morgan fingerprint density at radius 2 is 2.05 bits per heavy atom. The molecule has 1 saturated heterocycles. The second kappa shape index (κ2) is 6.02. The predicted octanol–water partition coefficient (Wildman–Crippen LogP) is 2.22.